The zero-order valence-electron chi connectivity index (χ0n) is 20.1. The Balaban J connectivity index is 1.77. The molecule has 8 nitrogen and oxygen atoms in total. The second-order valence-electron chi connectivity index (χ2n) is 6.95. The van der Waals surface area contributed by atoms with Crippen molar-refractivity contribution < 1.29 is 28.4 Å². The van der Waals surface area contributed by atoms with Crippen molar-refractivity contribution in [2.75, 3.05) is 42.7 Å². The first-order valence-corrected chi connectivity index (χ1v) is 10.3. The molecule has 3 rings (SSSR count). The van der Waals surface area contributed by atoms with Crippen LogP contribution >= 0.6 is 0 Å². The molecule has 3 aromatic rings. The maximum atomic E-state index is 5.38. The maximum absolute atomic E-state index is 5.38. The third-order valence-corrected chi connectivity index (χ3v) is 4.96. The Kier molecular flexibility index (Phi) is 8.34. The topological polar surface area (TPSA) is 80.1 Å². The maximum Gasteiger partial charge on any atom is 0.203 e. The Morgan fingerprint density at radius 3 is 1.00 bits per heavy atom. The van der Waals surface area contributed by atoms with Gasteiger partial charge in [0.05, 0.1) is 54.0 Å². The number of hydrogen-bond acceptors (Lipinski definition) is 8. The van der Waals surface area contributed by atoms with Crippen molar-refractivity contribution in [3.63, 3.8) is 0 Å². The summed E-state index contributed by atoms with van der Waals surface area (Å²) in [7, 11) is 9.42. The molecule has 3 aromatic carbocycles. The molecule has 8 heteroatoms. The first kappa shape index (κ1) is 24.4. The summed E-state index contributed by atoms with van der Waals surface area (Å²) in [5.41, 5.74) is 3.22. The van der Waals surface area contributed by atoms with Crippen LogP contribution < -0.4 is 28.4 Å². The van der Waals surface area contributed by atoms with Gasteiger partial charge in [-0.2, -0.15) is 0 Å². The van der Waals surface area contributed by atoms with E-state index in [1.54, 1.807) is 79.4 Å². The minimum atomic E-state index is 0.527. The van der Waals surface area contributed by atoms with Gasteiger partial charge in [-0.05, 0) is 11.1 Å². The minimum Gasteiger partial charge on any atom is -0.493 e. The molecule has 0 aromatic heterocycles. The van der Waals surface area contributed by atoms with Gasteiger partial charge in [0.1, 0.15) is 0 Å². The lowest BCUT2D eigenvalue weighted by atomic mass is 10.1. The second-order valence-corrected chi connectivity index (χ2v) is 6.95. The predicted molar refractivity (Wildman–Crippen MR) is 133 cm³/mol. The summed E-state index contributed by atoms with van der Waals surface area (Å²) < 4.78 is 32.2. The predicted octanol–water partition coefficient (Wildman–Crippen LogP) is 5.24. The molecule has 0 radical (unpaired) electrons. The normalized spacial score (nSPS) is 11.0. The molecule has 0 bridgehead atoms. The van der Waals surface area contributed by atoms with E-state index >= 15 is 0 Å². The van der Waals surface area contributed by atoms with Gasteiger partial charge in [0.25, 0.3) is 0 Å². The molecule has 178 valence electrons. The molecule has 0 aliphatic carbocycles. The highest BCUT2D eigenvalue weighted by molar-refractivity contribution is 5.86. The zero-order chi connectivity index (χ0) is 24.5. The van der Waals surface area contributed by atoms with Gasteiger partial charge in [0, 0.05) is 36.7 Å². The Hall–Kier alpha value is -4.20. The van der Waals surface area contributed by atoms with E-state index in [9.17, 15) is 0 Å². The van der Waals surface area contributed by atoms with Gasteiger partial charge in [0.2, 0.25) is 11.5 Å². The first-order chi connectivity index (χ1) is 16.6. The van der Waals surface area contributed by atoms with Gasteiger partial charge >= 0.3 is 0 Å². The van der Waals surface area contributed by atoms with Crippen molar-refractivity contribution in [1.29, 1.82) is 0 Å². The molecule has 0 amide bonds. The van der Waals surface area contributed by atoms with Crippen LogP contribution in [0.2, 0.25) is 0 Å². The summed E-state index contributed by atoms with van der Waals surface area (Å²) in [6.07, 6.45) is 3.53. The van der Waals surface area contributed by atoms with E-state index in [0.717, 1.165) is 11.1 Å². The van der Waals surface area contributed by atoms with Gasteiger partial charge in [0.15, 0.2) is 23.0 Å². The molecular weight excluding hydrogens is 436 g/mol. The zero-order valence-corrected chi connectivity index (χ0v) is 20.1. The molecule has 34 heavy (non-hydrogen) atoms. The van der Waals surface area contributed by atoms with E-state index in [0.29, 0.717) is 45.9 Å². The average molecular weight is 465 g/mol. The molecule has 0 aliphatic rings. The van der Waals surface area contributed by atoms with Crippen LogP contribution in [0.15, 0.2) is 58.5 Å². The first-order valence-electron chi connectivity index (χ1n) is 10.3. The smallest absolute Gasteiger partial charge is 0.203 e. The quantitative estimate of drug-likeness (QED) is 0.382. The minimum absolute atomic E-state index is 0.527. The van der Waals surface area contributed by atoms with Gasteiger partial charge in [-0.25, -0.2) is 0 Å². The molecule has 0 aliphatic heterocycles. The SMILES string of the molecule is COc1cc(N=Cc2ccc(C=Nc3cc(OC)c(OC)c(OC)c3)cc2)cc(OC)c1OC. The Morgan fingerprint density at radius 2 is 0.765 bits per heavy atom. The Bertz CT molecular complexity index is 1030. The third kappa shape index (κ3) is 5.58. The van der Waals surface area contributed by atoms with Crippen LogP contribution in [0.25, 0.3) is 0 Å². The number of rotatable bonds is 10. The molecule has 0 fully saturated rings. The molecule has 0 unspecified atom stereocenters. The lowest BCUT2D eigenvalue weighted by Gasteiger charge is -2.12. The van der Waals surface area contributed by atoms with Crippen molar-refractivity contribution >= 4 is 23.8 Å². The lowest BCUT2D eigenvalue weighted by molar-refractivity contribution is 0.324. The number of aliphatic imine (C=N–C) groups is 2. The standard InChI is InChI=1S/C26H28N2O6/c1-29-21-11-19(12-22(30-2)25(21)33-5)27-15-17-7-9-18(10-8-17)16-28-20-13-23(31-3)26(34-6)24(14-20)32-4/h7-16H,1-6H3. The summed E-state index contributed by atoms with van der Waals surface area (Å²) >= 11 is 0. The van der Waals surface area contributed by atoms with Crippen molar-refractivity contribution in [2.45, 2.75) is 0 Å². The lowest BCUT2D eigenvalue weighted by Crippen LogP contribution is -1.94. The highest BCUT2D eigenvalue weighted by Crippen LogP contribution is 2.41. The number of ether oxygens (including phenoxy) is 6. The fourth-order valence-electron chi connectivity index (χ4n) is 3.25. The van der Waals surface area contributed by atoms with E-state index in [1.165, 1.54) is 0 Å². The van der Waals surface area contributed by atoms with Crippen LogP contribution in [0, 0.1) is 0 Å². The van der Waals surface area contributed by atoms with Crippen molar-refractivity contribution in [1.82, 2.24) is 0 Å². The van der Waals surface area contributed by atoms with Gasteiger partial charge in [-0.15, -0.1) is 0 Å². The molecular formula is C26H28N2O6. The number of nitrogens with zero attached hydrogens (tertiary/aromatic N) is 2. The monoisotopic (exact) mass is 464 g/mol. The Labute approximate surface area is 199 Å². The summed E-state index contributed by atoms with van der Waals surface area (Å²) in [4.78, 5) is 9.07. The highest BCUT2D eigenvalue weighted by Gasteiger charge is 2.13. The third-order valence-electron chi connectivity index (χ3n) is 4.96. The Morgan fingerprint density at radius 1 is 0.471 bits per heavy atom. The van der Waals surface area contributed by atoms with Gasteiger partial charge in [-0.3, -0.25) is 9.98 Å². The molecule has 0 atom stereocenters. The van der Waals surface area contributed by atoms with Crippen LogP contribution in [-0.2, 0) is 0 Å². The summed E-state index contributed by atoms with van der Waals surface area (Å²) in [6, 6.07) is 15.0. The van der Waals surface area contributed by atoms with Crippen LogP contribution in [0.3, 0.4) is 0 Å². The molecule has 0 spiro atoms. The molecule has 0 saturated heterocycles. The van der Waals surface area contributed by atoms with E-state index < -0.39 is 0 Å². The van der Waals surface area contributed by atoms with E-state index in [2.05, 4.69) is 9.98 Å². The molecule has 0 heterocycles. The summed E-state index contributed by atoms with van der Waals surface area (Å²) in [5, 5.41) is 0. The summed E-state index contributed by atoms with van der Waals surface area (Å²) in [6.45, 7) is 0. The second kappa shape index (κ2) is 11.6. The molecule has 0 N–H and O–H groups in total. The van der Waals surface area contributed by atoms with Crippen LogP contribution in [0.4, 0.5) is 11.4 Å². The van der Waals surface area contributed by atoms with Crippen LogP contribution in [0.1, 0.15) is 11.1 Å². The average Bonchev–Trinajstić information content (AvgIpc) is 2.89. The van der Waals surface area contributed by atoms with Crippen LogP contribution in [0.5, 0.6) is 34.5 Å². The fraction of sp³-hybridized carbons (Fsp3) is 0.231. The largest absolute Gasteiger partial charge is 0.493 e. The highest BCUT2D eigenvalue weighted by atomic mass is 16.5. The molecule has 0 saturated carbocycles. The van der Waals surface area contributed by atoms with Crippen molar-refractivity contribution in [3.8, 4) is 34.5 Å². The number of methoxy groups -OCH3 is 6. The van der Waals surface area contributed by atoms with Gasteiger partial charge < -0.3 is 28.4 Å². The van der Waals surface area contributed by atoms with Crippen LogP contribution in [-0.4, -0.2) is 55.1 Å². The van der Waals surface area contributed by atoms with E-state index in [4.69, 9.17) is 28.4 Å². The van der Waals surface area contributed by atoms with E-state index in [-0.39, 0.29) is 0 Å². The van der Waals surface area contributed by atoms with Crippen molar-refractivity contribution in [3.05, 3.63) is 59.7 Å². The van der Waals surface area contributed by atoms with E-state index in [1.807, 2.05) is 24.3 Å². The fourth-order valence-corrected chi connectivity index (χ4v) is 3.25. The van der Waals surface area contributed by atoms with Crippen molar-refractivity contribution in [2.24, 2.45) is 9.98 Å². The summed E-state index contributed by atoms with van der Waals surface area (Å²) in [5.74, 6) is 3.25. The van der Waals surface area contributed by atoms with Gasteiger partial charge in [-0.1, -0.05) is 24.3 Å². The number of hydrogen-bond donors (Lipinski definition) is 0. The number of benzene rings is 3.